The van der Waals surface area contributed by atoms with E-state index in [1.54, 1.807) is 38.0 Å². The van der Waals surface area contributed by atoms with Crippen molar-refractivity contribution in [2.75, 3.05) is 33.1 Å². The molecule has 0 spiro atoms. The van der Waals surface area contributed by atoms with Crippen LogP contribution >= 0.6 is 0 Å². The molecule has 0 heterocycles. The number of nitrogens with zero attached hydrogens (tertiary/aromatic N) is 2. The van der Waals surface area contributed by atoms with Crippen molar-refractivity contribution in [2.24, 2.45) is 23.5 Å². The zero-order chi connectivity index (χ0) is 24.5. The standard InChI is InChI=1S/C23H26FN3O6/c1-26(2)12-7-11(24)18(28)14-9(12)5-8-6-10-15(20(30)13(8)19(14)29)21(31)16(23(25)33)22(32)17(10)27(3)4/h7-8,10,15,17,28,30,32H,5-6H2,1-4H3,(H2,25,33)/t8-,10+,15?,17?/m0/s1. The Morgan fingerprint density at radius 3 is 2.30 bits per heavy atom. The lowest BCUT2D eigenvalue weighted by molar-refractivity contribution is -0.127. The highest BCUT2D eigenvalue weighted by Crippen LogP contribution is 2.51. The Kier molecular flexibility index (Phi) is 5.24. The summed E-state index contributed by atoms with van der Waals surface area (Å²) in [5.41, 5.74) is 5.30. The van der Waals surface area contributed by atoms with E-state index in [1.807, 2.05) is 0 Å². The van der Waals surface area contributed by atoms with Gasteiger partial charge in [0.05, 0.1) is 17.5 Å². The monoisotopic (exact) mass is 459 g/mol. The number of rotatable bonds is 3. The highest BCUT2D eigenvalue weighted by Gasteiger charge is 2.54. The molecule has 0 fully saturated rings. The Bertz CT molecular complexity index is 1170. The lowest BCUT2D eigenvalue weighted by Gasteiger charge is -2.46. The summed E-state index contributed by atoms with van der Waals surface area (Å²) < 4.78 is 14.4. The summed E-state index contributed by atoms with van der Waals surface area (Å²) >= 11 is 0. The normalized spacial score (nSPS) is 26.8. The van der Waals surface area contributed by atoms with Crippen LogP contribution in [0.25, 0.3) is 0 Å². The quantitative estimate of drug-likeness (QED) is 0.494. The summed E-state index contributed by atoms with van der Waals surface area (Å²) in [4.78, 5) is 41.8. The van der Waals surface area contributed by atoms with Crippen LogP contribution in [-0.2, 0) is 16.0 Å². The van der Waals surface area contributed by atoms with Crippen LogP contribution in [0.4, 0.5) is 10.1 Å². The maximum Gasteiger partial charge on any atom is 0.255 e. The number of amides is 1. The van der Waals surface area contributed by atoms with Gasteiger partial charge in [0.25, 0.3) is 5.91 Å². The third-order valence-corrected chi connectivity index (χ3v) is 6.98. The second-order valence-electron chi connectivity index (χ2n) is 9.28. The minimum Gasteiger partial charge on any atom is -0.511 e. The number of halogens is 1. The van der Waals surface area contributed by atoms with Crippen molar-refractivity contribution in [3.05, 3.63) is 45.7 Å². The fourth-order valence-corrected chi connectivity index (χ4v) is 5.68. The van der Waals surface area contributed by atoms with Gasteiger partial charge >= 0.3 is 0 Å². The van der Waals surface area contributed by atoms with E-state index in [-0.39, 0.29) is 24.0 Å². The molecule has 10 heteroatoms. The number of Topliss-reactive ketones (excluding diaryl/α,β-unsaturated/α-hetero) is 2. The molecule has 1 aromatic carbocycles. The van der Waals surface area contributed by atoms with Crippen LogP contribution in [0.2, 0.25) is 0 Å². The van der Waals surface area contributed by atoms with Crippen molar-refractivity contribution in [2.45, 2.75) is 18.9 Å². The molecule has 0 radical (unpaired) electrons. The second-order valence-corrected chi connectivity index (χ2v) is 9.28. The fourth-order valence-electron chi connectivity index (χ4n) is 5.68. The molecule has 3 aliphatic carbocycles. The minimum atomic E-state index is -1.27. The number of aromatic hydroxyl groups is 1. The first-order valence-electron chi connectivity index (χ1n) is 10.5. The largest absolute Gasteiger partial charge is 0.511 e. The summed E-state index contributed by atoms with van der Waals surface area (Å²) in [5.74, 6) is -7.93. The van der Waals surface area contributed by atoms with Crippen LogP contribution in [0, 0.1) is 23.6 Å². The molecule has 33 heavy (non-hydrogen) atoms. The van der Waals surface area contributed by atoms with E-state index < -0.39 is 69.9 Å². The lowest BCUT2D eigenvalue weighted by Crippen LogP contribution is -2.53. The Labute approximate surface area is 189 Å². The number of hydrogen-bond donors (Lipinski definition) is 4. The third-order valence-electron chi connectivity index (χ3n) is 6.98. The first-order chi connectivity index (χ1) is 15.4. The van der Waals surface area contributed by atoms with Crippen LogP contribution in [0.3, 0.4) is 0 Å². The van der Waals surface area contributed by atoms with Crippen molar-refractivity contribution < 1.29 is 34.1 Å². The van der Waals surface area contributed by atoms with Gasteiger partial charge in [-0.15, -0.1) is 0 Å². The summed E-state index contributed by atoms with van der Waals surface area (Å²) in [5, 5.41) is 32.2. The topological polar surface area (TPSA) is 144 Å². The summed E-state index contributed by atoms with van der Waals surface area (Å²) in [6, 6.07) is 0.368. The van der Waals surface area contributed by atoms with Crippen molar-refractivity contribution in [3.8, 4) is 5.75 Å². The number of benzene rings is 1. The SMILES string of the molecule is CN(C)c1cc(F)c(O)c2c1C[C@H]1C[C@@H]3C(C(=O)C(C(N)=O)=C(O)C3N(C)C)C(O)=C1C2=O. The number of hydrogen-bond acceptors (Lipinski definition) is 8. The van der Waals surface area contributed by atoms with Crippen LogP contribution < -0.4 is 10.6 Å². The molecule has 4 rings (SSSR count). The second kappa shape index (κ2) is 7.58. The van der Waals surface area contributed by atoms with Gasteiger partial charge in [0.15, 0.2) is 23.1 Å². The van der Waals surface area contributed by atoms with E-state index in [4.69, 9.17) is 5.73 Å². The van der Waals surface area contributed by atoms with Crippen molar-refractivity contribution in [1.82, 2.24) is 4.90 Å². The molecule has 3 aliphatic rings. The maximum atomic E-state index is 14.4. The highest BCUT2D eigenvalue weighted by molar-refractivity contribution is 6.22. The molecule has 1 aromatic rings. The smallest absolute Gasteiger partial charge is 0.255 e. The molecule has 9 nitrogen and oxygen atoms in total. The van der Waals surface area contributed by atoms with Gasteiger partial charge in [-0.25, -0.2) is 4.39 Å². The van der Waals surface area contributed by atoms with Gasteiger partial charge in [0, 0.05) is 31.4 Å². The predicted molar refractivity (Wildman–Crippen MR) is 116 cm³/mol. The number of phenols is 1. The number of aliphatic hydroxyl groups excluding tert-OH is 2. The molecule has 0 bridgehead atoms. The van der Waals surface area contributed by atoms with Crippen molar-refractivity contribution in [1.29, 1.82) is 0 Å². The number of anilines is 1. The number of phenolic OH excluding ortho intramolecular Hbond substituents is 1. The van der Waals surface area contributed by atoms with E-state index >= 15 is 0 Å². The Balaban J connectivity index is 1.94. The molecule has 0 saturated heterocycles. The first-order valence-corrected chi connectivity index (χ1v) is 10.5. The van der Waals surface area contributed by atoms with Gasteiger partial charge in [0.1, 0.15) is 17.1 Å². The number of likely N-dealkylation sites (N-methyl/N-ethyl adjacent to an activating group) is 1. The van der Waals surface area contributed by atoms with Crippen LogP contribution in [0.5, 0.6) is 5.75 Å². The molecule has 0 aromatic heterocycles. The molecule has 176 valence electrons. The van der Waals surface area contributed by atoms with Crippen LogP contribution in [0.15, 0.2) is 28.7 Å². The summed E-state index contributed by atoms with van der Waals surface area (Å²) in [6.07, 6.45) is 0.456. The Morgan fingerprint density at radius 2 is 1.76 bits per heavy atom. The minimum absolute atomic E-state index is 0.0783. The number of carbonyl (C=O) groups is 3. The lowest BCUT2D eigenvalue weighted by atomic mass is 9.61. The van der Waals surface area contributed by atoms with Crippen LogP contribution in [0.1, 0.15) is 22.3 Å². The van der Waals surface area contributed by atoms with Crippen LogP contribution in [-0.4, -0.2) is 71.9 Å². The van der Waals surface area contributed by atoms with E-state index in [9.17, 15) is 34.1 Å². The zero-order valence-electron chi connectivity index (χ0n) is 18.7. The predicted octanol–water partition coefficient (Wildman–Crippen LogP) is 1.21. The number of allylic oxidation sites excluding steroid dienone is 2. The molecular formula is C23H26FN3O6. The summed E-state index contributed by atoms with van der Waals surface area (Å²) in [7, 11) is 6.70. The molecule has 0 saturated carbocycles. The molecule has 4 atom stereocenters. The Morgan fingerprint density at radius 1 is 1.12 bits per heavy atom. The molecule has 1 amide bonds. The zero-order valence-corrected chi connectivity index (χ0v) is 18.7. The number of ketones is 2. The van der Waals surface area contributed by atoms with Gasteiger partial charge in [-0.3, -0.25) is 19.3 Å². The Hall–Kier alpha value is -3.40. The first kappa shape index (κ1) is 22.8. The van der Waals surface area contributed by atoms with Gasteiger partial charge in [-0.1, -0.05) is 0 Å². The van der Waals surface area contributed by atoms with E-state index in [0.29, 0.717) is 11.3 Å². The molecule has 2 unspecified atom stereocenters. The summed E-state index contributed by atoms with van der Waals surface area (Å²) in [6.45, 7) is 0. The van der Waals surface area contributed by atoms with E-state index in [2.05, 4.69) is 0 Å². The number of aliphatic hydroxyl groups is 2. The van der Waals surface area contributed by atoms with Gasteiger partial charge in [-0.2, -0.15) is 0 Å². The van der Waals surface area contributed by atoms with Crippen molar-refractivity contribution in [3.63, 3.8) is 0 Å². The maximum absolute atomic E-state index is 14.4. The number of primary amides is 1. The number of fused-ring (bicyclic) bond motifs is 3. The number of carbonyl (C=O) groups excluding carboxylic acids is 3. The highest BCUT2D eigenvalue weighted by atomic mass is 19.1. The number of nitrogens with two attached hydrogens (primary N) is 1. The van der Waals surface area contributed by atoms with Gasteiger partial charge in [0.2, 0.25) is 0 Å². The van der Waals surface area contributed by atoms with Gasteiger partial charge in [-0.05, 0) is 44.3 Å². The van der Waals surface area contributed by atoms with E-state index in [1.165, 1.54) is 0 Å². The van der Waals surface area contributed by atoms with Crippen molar-refractivity contribution >= 4 is 23.2 Å². The molecule has 0 aliphatic heterocycles. The van der Waals surface area contributed by atoms with E-state index in [0.717, 1.165) is 6.07 Å². The third kappa shape index (κ3) is 3.12. The van der Waals surface area contributed by atoms with Gasteiger partial charge < -0.3 is 26.0 Å². The molecule has 5 N–H and O–H groups in total. The molecular weight excluding hydrogens is 433 g/mol. The average molecular weight is 459 g/mol. The fraction of sp³-hybridized carbons (Fsp3) is 0.435. The average Bonchev–Trinajstić information content (AvgIpc) is 2.69.